The molecule has 1 aromatic rings. The molecule has 0 radical (unpaired) electrons. The fourth-order valence-electron chi connectivity index (χ4n) is 1.29. The number of aromatic amines is 1. The first kappa shape index (κ1) is 11.7. The van der Waals surface area contributed by atoms with Crippen LogP contribution in [0, 0.1) is 4.77 Å². The number of nitrogens with zero attached hydrogens (tertiary/aromatic N) is 2. The Morgan fingerprint density at radius 1 is 1.73 bits per heavy atom. The van der Waals surface area contributed by atoms with Crippen molar-refractivity contribution in [2.24, 2.45) is 5.73 Å². The van der Waals surface area contributed by atoms with Crippen LogP contribution in [-0.4, -0.2) is 27.3 Å². The van der Waals surface area contributed by atoms with Gasteiger partial charge in [0.05, 0.1) is 0 Å². The lowest BCUT2D eigenvalue weighted by Gasteiger charge is -2.05. The Morgan fingerprint density at radius 2 is 2.47 bits per heavy atom. The minimum absolute atomic E-state index is 0.458. The summed E-state index contributed by atoms with van der Waals surface area (Å²) in [5.41, 5.74) is 4.96. The number of hydrogen-bond acceptors (Lipinski definition) is 3. The average molecular weight is 229 g/mol. The zero-order chi connectivity index (χ0) is 11.3. The molecule has 15 heavy (non-hydrogen) atoms. The van der Waals surface area contributed by atoms with E-state index in [1.54, 1.807) is 0 Å². The van der Waals surface area contributed by atoms with E-state index in [-0.39, 0.29) is 0 Å². The molecule has 0 unspecified atom stereocenters. The van der Waals surface area contributed by atoms with Crippen molar-refractivity contribution in [2.75, 3.05) is 6.54 Å². The topological polar surface area (TPSA) is 88.7 Å². The fourth-order valence-corrected chi connectivity index (χ4v) is 1.53. The van der Waals surface area contributed by atoms with E-state index >= 15 is 0 Å². The Labute approximate surface area is 92.9 Å². The number of carbonyl (C=O) groups excluding carboxylic acids is 1. The van der Waals surface area contributed by atoms with E-state index in [2.05, 4.69) is 22.4 Å². The third kappa shape index (κ3) is 3.35. The maximum Gasteiger partial charge on any atom is 0.312 e. The van der Waals surface area contributed by atoms with Crippen molar-refractivity contribution in [1.29, 1.82) is 0 Å². The number of H-pyrrole nitrogens is 1. The third-order valence-electron chi connectivity index (χ3n) is 1.95. The molecule has 0 aromatic carbocycles. The van der Waals surface area contributed by atoms with Crippen LogP contribution in [0.5, 0.6) is 0 Å². The van der Waals surface area contributed by atoms with Gasteiger partial charge in [-0.05, 0) is 18.6 Å². The molecular weight excluding hydrogens is 214 g/mol. The van der Waals surface area contributed by atoms with Gasteiger partial charge in [-0.2, -0.15) is 5.10 Å². The normalized spacial score (nSPS) is 10.2. The molecule has 0 aliphatic carbocycles. The summed E-state index contributed by atoms with van der Waals surface area (Å²) in [5.74, 6) is 0.911. The predicted octanol–water partition coefficient (Wildman–Crippen LogP) is 0.561. The van der Waals surface area contributed by atoms with Crippen molar-refractivity contribution in [3.05, 3.63) is 10.6 Å². The van der Waals surface area contributed by atoms with E-state index in [4.69, 9.17) is 18.0 Å². The molecule has 1 heterocycles. The first-order valence-corrected chi connectivity index (χ1v) is 5.23. The molecule has 0 saturated heterocycles. The smallest absolute Gasteiger partial charge is 0.312 e. The highest BCUT2D eigenvalue weighted by Gasteiger charge is 2.04. The van der Waals surface area contributed by atoms with Gasteiger partial charge in [0.1, 0.15) is 5.82 Å². The van der Waals surface area contributed by atoms with Crippen LogP contribution in [0.4, 0.5) is 4.79 Å². The number of rotatable bonds is 5. The lowest BCUT2D eigenvalue weighted by Crippen LogP contribution is -2.32. The van der Waals surface area contributed by atoms with Gasteiger partial charge in [0.15, 0.2) is 4.77 Å². The second kappa shape index (κ2) is 5.50. The van der Waals surface area contributed by atoms with E-state index in [1.165, 1.54) is 0 Å². The van der Waals surface area contributed by atoms with Crippen molar-refractivity contribution >= 4 is 18.2 Å². The van der Waals surface area contributed by atoms with Gasteiger partial charge in [-0.3, -0.25) is 5.10 Å². The van der Waals surface area contributed by atoms with E-state index in [0.717, 1.165) is 18.7 Å². The van der Waals surface area contributed by atoms with Crippen LogP contribution in [0.2, 0.25) is 0 Å². The Bertz CT molecular complexity index is 383. The van der Waals surface area contributed by atoms with Gasteiger partial charge in [0.25, 0.3) is 0 Å². The minimum Gasteiger partial charge on any atom is -0.352 e. The van der Waals surface area contributed by atoms with Crippen LogP contribution in [0.25, 0.3) is 0 Å². The number of nitrogens with one attached hydrogen (secondary N) is 2. The molecule has 7 heteroatoms. The maximum atomic E-state index is 10.5. The van der Waals surface area contributed by atoms with Crippen LogP contribution < -0.4 is 11.1 Å². The number of primary amides is 1. The van der Waals surface area contributed by atoms with Crippen molar-refractivity contribution in [2.45, 2.75) is 26.3 Å². The lowest BCUT2D eigenvalue weighted by molar-refractivity contribution is 0.248. The standard InChI is InChI=1S/C8H15N5OS/c1-2-3-6-11-12-8(15)13(6)5-4-10-7(9)14/h2-5H2,1H3,(H,12,15)(H3,9,10,14). The minimum atomic E-state index is -0.526. The number of aromatic nitrogens is 3. The van der Waals surface area contributed by atoms with Crippen LogP contribution >= 0.6 is 12.2 Å². The van der Waals surface area contributed by atoms with Crippen LogP contribution in [0.1, 0.15) is 19.2 Å². The summed E-state index contributed by atoms with van der Waals surface area (Å²) in [6, 6.07) is -0.526. The van der Waals surface area contributed by atoms with Gasteiger partial charge in [-0.15, -0.1) is 0 Å². The van der Waals surface area contributed by atoms with E-state index in [0.29, 0.717) is 17.9 Å². The van der Waals surface area contributed by atoms with E-state index in [1.807, 2.05) is 4.57 Å². The van der Waals surface area contributed by atoms with Crippen LogP contribution in [-0.2, 0) is 13.0 Å². The molecule has 0 bridgehead atoms. The van der Waals surface area contributed by atoms with Crippen molar-refractivity contribution in [3.63, 3.8) is 0 Å². The first-order valence-electron chi connectivity index (χ1n) is 4.82. The SMILES string of the molecule is CCCc1n[nH]c(=S)n1CCNC(N)=O. The zero-order valence-electron chi connectivity index (χ0n) is 8.62. The van der Waals surface area contributed by atoms with Gasteiger partial charge >= 0.3 is 6.03 Å². The average Bonchev–Trinajstić information content (AvgIpc) is 2.50. The quantitative estimate of drug-likeness (QED) is 0.645. The van der Waals surface area contributed by atoms with Crippen LogP contribution in [0.3, 0.4) is 0 Å². The summed E-state index contributed by atoms with van der Waals surface area (Å²) in [4.78, 5) is 10.5. The van der Waals surface area contributed by atoms with E-state index in [9.17, 15) is 4.79 Å². The van der Waals surface area contributed by atoms with Gasteiger partial charge in [0.2, 0.25) is 0 Å². The summed E-state index contributed by atoms with van der Waals surface area (Å²) < 4.78 is 2.44. The molecule has 84 valence electrons. The highest BCUT2D eigenvalue weighted by molar-refractivity contribution is 7.71. The number of hydrogen-bond donors (Lipinski definition) is 3. The second-order valence-corrected chi connectivity index (χ2v) is 3.52. The molecule has 1 aromatic heterocycles. The molecule has 0 saturated carbocycles. The summed E-state index contributed by atoms with van der Waals surface area (Å²) in [7, 11) is 0. The lowest BCUT2D eigenvalue weighted by atomic mass is 10.3. The van der Waals surface area contributed by atoms with Gasteiger partial charge in [0, 0.05) is 19.5 Å². The highest BCUT2D eigenvalue weighted by atomic mass is 32.1. The molecule has 4 N–H and O–H groups in total. The molecule has 0 aliphatic heterocycles. The first-order chi connectivity index (χ1) is 7.15. The third-order valence-corrected chi connectivity index (χ3v) is 2.26. The number of amides is 2. The van der Waals surface area contributed by atoms with Crippen LogP contribution in [0.15, 0.2) is 0 Å². The van der Waals surface area contributed by atoms with Crippen molar-refractivity contribution < 1.29 is 4.79 Å². The number of aryl methyl sites for hydroxylation is 1. The Hall–Kier alpha value is -1.37. The van der Waals surface area contributed by atoms with Gasteiger partial charge in [-0.1, -0.05) is 6.92 Å². The number of nitrogens with two attached hydrogens (primary N) is 1. The fraction of sp³-hybridized carbons (Fsp3) is 0.625. The maximum absolute atomic E-state index is 10.5. The zero-order valence-corrected chi connectivity index (χ0v) is 9.43. The predicted molar refractivity (Wildman–Crippen MR) is 59.0 cm³/mol. The molecule has 2 amide bonds. The summed E-state index contributed by atoms with van der Waals surface area (Å²) >= 11 is 5.07. The Balaban J connectivity index is 2.62. The van der Waals surface area contributed by atoms with E-state index < -0.39 is 6.03 Å². The Morgan fingerprint density at radius 3 is 3.07 bits per heavy atom. The Kier molecular flexibility index (Phi) is 4.29. The molecule has 0 atom stereocenters. The monoisotopic (exact) mass is 229 g/mol. The summed E-state index contributed by atoms with van der Waals surface area (Å²) in [5, 5.41) is 9.35. The second-order valence-electron chi connectivity index (χ2n) is 3.14. The summed E-state index contributed by atoms with van der Waals surface area (Å²) in [6.45, 7) is 3.12. The largest absolute Gasteiger partial charge is 0.352 e. The highest BCUT2D eigenvalue weighted by Crippen LogP contribution is 2.00. The molecule has 0 fully saturated rings. The van der Waals surface area contributed by atoms with Gasteiger partial charge in [-0.25, -0.2) is 4.79 Å². The molecule has 6 nitrogen and oxygen atoms in total. The molecule has 1 rings (SSSR count). The van der Waals surface area contributed by atoms with Crippen molar-refractivity contribution in [1.82, 2.24) is 20.1 Å². The molecular formula is C8H15N5OS. The number of urea groups is 1. The summed E-state index contributed by atoms with van der Waals surface area (Å²) in [6.07, 6.45) is 1.87. The molecule has 0 aliphatic rings. The number of carbonyl (C=O) groups is 1. The molecule has 0 spiro atoms. The van der Waals surface area contributed by atoms with Crippen molar-refractivity contribution in [3.8, 4) is 0 Å². The van der Waals surface area contributed by atoms with Gasteiger partial charge < -0.3 is 15.6 Å².